The Morgan fingerprint density at radius 3 is 2.47 bits per heavy atom. The zero-order chi connectivity index (χ0) is 11.5. The minimum absolute atomic E-state index is 0.267. The quantitative estimate of drug-likeness (QED) is 0.790. The molecule has 0 fully saturated rings. The van der Waals surface area contributed by atoms with Crippen LogP contribution in [0.2, 0.25) is 0 Å². The molecule has 0 saturated heterocycles. The van der Waals surface area contributed by atoms with Gasteiger partial charge in [-0.05, 0) is 11.6 Å². The predicted molar refractivity (Wildman–Crippen MR) is 47.1 cm³/mol. The average Bonchev–Trinajstić information content (AvgIpc) is 2.17. The molecule has 2 nitrogen and oxygen atoms in total. The Kier molecular flexibility index (Phi) is 3.47. The van der Waals surface area contributed by atoms with Gasteiger partial charge >= 0.3 is 6.18 Å². The normalized spacial score (nSPS) is 13.6. The van der Waals surface area contributed by atoms with Crippen LogP contribution in [0, 0.1) is 0 Å². The summed E-state index contributed by atoms with van der Waals surface area (Å²) in [6.45, 7) is 0. The van der Waals surface area contributed by atoms with Gasteiger partial charge in [-0.15, -0.1) is 0 Å². The highest BCUT2D eigenvalue weighted by Gasteiger charge is 2.34. The van der Waals surface area contributed by atoms with Crippen LogP contribution in [0.15, 0.2) is 24.3 Å². The maximum Gasteiger partial charge on any atom is 0.416 e. The molecule has 0 unspecified atom stereocenters. The molecule has 0 bridgehead atoms. The Morgan fingerprint density at radius 1 is 1.33 bits per heavy atom. The zero-order valence-corrected chi connectivity index (χ0v) is 7.66. The monoisotopic (exact) mass is 218 g/mol. The van der Waals surface area contributed by atoms with Gasteiger partial charge in [0.05, 0.1) is 11.7 Å². The summed E-state index contributed by atoms with van der Waals surface area (Å²) in [5, 5.41) is 9.33. The van der Waals surface area contributed by atoms with E-state index in [2.05, 4.69) is 0 Å². The molecule has 0 radical (unpaired) electrons. The van der Waals surface area contributed by atoms with Crippen molar-refractivity contribution in [1.29, 1.82) is 0 Å². The SMILES string of the molecule is O=CC[C@@H](O)c1ccccc1C(F)(F)F. The molecule has 0 aliphatic rings. The van der Waals surface area contributed by atoms with Crippen LogP contribution in [0.4, 0.5) is 13.2 Å². The Morgan fingerprint density at radius 2 is 1.93 bits per heavy atom. The number of hydrogen-bond acceptors (Lipinski definition) is 2. The fourth-order valence-electron chi connectivity index (χ4n) is 1.26. The van der Waals surface area contributed by atoms with E-state index in [1.165, 1.54) is 12.1 Å². The number of rotatable bonds is 3. The van der Waals surface area contributed by atoms with Crippen LogP contribution in [0.5, 0.6) is 0 Å². The van der Waals surface area contributed by atoms with Gasteiger partial charge in [0.1, 0.15) is 6.29 Å². The maximum atomic E-state index is 12.4. The molecule has 0 heterocycles. The van der Waals surface area contributed by atoms with Crippen molar-refractivity contribution in [2.45, 2.75) is 18.7 Å². The molecule has 1 atom stereocenters. The summed E-state index contributed by atoms with van der Waals surface area (Å²) in [6.07, 6.45) is -5.87. The van der Waals surface area contributed by atoms with Crippen molar-refractivity contribution < 1.29 is 23.1 Å². The van der Waals surface area contributed by atoms with E-state index in [-0.39, 0.29) is 12.0 Å². The van der Waals surface area contributed by atoms with Crippen molar-refractivity contribution in [3.05, 3.63) is 35.4 Å². The lowest BCUT2D eigenvalue weighted by Crippen LogP contribution is -2.12. The van der Waals surface area contributed by atoms with E-state index in [1.54, 1.807) is 0 Å². The molecule has 5 heteroatoms. The predicted octanol–water partition coefficient (Wildman–Crippen LogP) is 2.33. The summed E-state index contributed by atoms with van der Waals surface area (Å²) in [7, 11) is 0. The fourth-order valence-corrected chi connectivity index (χ4v) is 1.26. The first-order chi connectivity index (χ1) is 6.96. The number of hydrogen-bond donors (Lipinski definition) is 1. The van der Waals surface area contributed by atoms with Gasteiger partial charge in [-0.2, -0.15) is 13.2 Å². The molecule has 1 N–H and O–H groups in total. The van der Waals surface area contributed by atoms with E-state index >= 15 is 0 Å². The Balaban J connectivity index is 3.12. The summed E-state index contributed by atoms with van der Waals surface area (Å²) in [6, 6.07) is 4.67. The smallest absolute Gasteiger partial charge is 0.388 e. The number of alkyl halides is 3. The molecular formula is C10H9F3O2. The summed E-state index contributed by atoms with van der Waals surface area (Å²) >= 11 is 0. The van der Waals surface area contributed by atoms with Gasteiger partial charge in [0.15, 0.2) is 0 Å². The van der Waals surface area contributed by atoms with E-state index in [9.17, 15) is 23.1 Å². The summed E-state index contributed by atoms with van der Waals surface area (Å²) in [5.41, 5.74) is -1.17. The van der Waals surface area contributed by atoms with Crippen LogP contribution in [0.1, 0.15) is 23.7 Å². The third-order valence-corrected chi connectivity index (χ3v) is 1.94. The number of carbonyl (C=O) groups excluding carboxylic acids is 1. The van der Waals surface area contributed by atoms with Crippen molar-refractivity contribution in [1.82, 2.24) is 0 Å². The third kappa shape index (κ3) is 2.79. The standard InChI is InChI=1S/C10H9F3O2/c11-10(12,13)8-4-2-1-3-7(8)9(15)5-6-14/h1-4,6,9,15H,5H2/t9-/m1/s1. The topological polar surface area (TPSA) is 37.3 Å². The van der Waals surface area contributed by atoms with Crippen LogP contribution in [0.3, 0.4) is 0 Å². The van der Waals surface area contributed by atoms with E-state index in [0.717, 1.165) is 12.1 Å². The van der Waals surface area contributed by atoms with Gasteiger partial charge in [0, 0.05) is 6.42 Å². The Bertz CT molecular complexity index is 347. The molecule has 1 rings (SSSR count). The first-order valence-corrected chi connectivity index (χ1v) is 4.24. The lowest BCUT2D eigenvalue weighted by atomic mass is 10.0. The Hall–Kier alpha value is -1.36. The van der Waals surface area contributed by atoms with Gasteiger partial charge in [-0.1, -0.05) is 18.2 Å². The third-order valence-electron chi connectivity index (χ3n) is 1.94. The van der Waals surface area contributed by atoms with E-state index < -0.39 is 17.8 Å². The highest BCUT2D eigenvalue weighted by molar-refractivity contribution is 5.51. The molecule has 0 spiro atoms. The number of aliphatic hydroxyl groups is 1. The lowest BCUT2D eigenvalue weighted by Gasteiger charge is -2.15. The number of carbonyl (C=O) groups is 1. The van der Waals surface area contributed by atoms with Crippen molar-refractivity contribution >= 4 is 6.29 Å². The van der Waals surface area contributed by atoms with E-state index in [0.29, 0.717) is 6.29 Å². The van der Waals surface area contributed by atoms with Crippen LogP contribution in [-0.4, -0.2) is 11.4 Å². The fraction of sp³-hybridized carbons (Fsp3) is 0.300. The molecule has 0 saturated carbocycles. The van der Waals surface area contributed by atoms with Crippen LogP contribution < -0.4 is 0 Å². The summed E-state index contributed by atoms with van der Waals surface area (Å²) in [4.78, 5) is 10.1. The van der Waals surface area contributed by atoms with Gasteiger partial charge in [0.25, 0.3) is 0 Å². The van der Waals surface area contributed by atoms with Crippen molar-refractivity contribution in [3.8, 4) is 0 Å². The second-order valence-corrected chi connectivity index (χ2v) is 3.00. The highest BCUT2D eigenvalue weighted by atomic mass is 19.4. The second-order valence-electron chi connectivity index (χ2n) is 3.00. The molecule has 0 amide bonds. The molecule has 0 aromatic heterocycles. The minimum atomic E-state index is -4.51. The minimum Gasteiger partial charge on any atom is -0.388 e. The first-order valence-electron chi connectivity index (χ1n) is 4.24. The highest BCUT2D eigenvalue weighted by Crippen LogP contribution is 2.34. The first kappa shape index (κ1) is 11.7. The Labute approximate surface area is 84.3 Å². The number of halogens is 3. The van der Waals surface area contributed by atoms with Gasteiger partial charge < -0.3 is 9.90 Å². The molecular weight excluding hydrogens is 209 g/mol. The van der Waals surface area contributed by atoms with E-state index in [1.807, 2.05) is 0 Å². The molecule has 82 valence electrons. The van der Waals surface area contributed by atoms with Gasteiger partial charge in [-0.25, -0.2) is 0 Å². The van der Waals surface area contributed by atoms with Crippen LogP contribution in [-0.2, 0) is 11.0 Å². The summed E-state index contributed by atoms with van der Waals surface area (Å²) < 4.78 is 37.3. The van der Waals surface area contributed by atoms with Crippen molar-refractivity contribution in [2.24, 2.45) is 0 Å². The van der Waals surface area contributed by atoms with Crippen molar-refractivity contribution in [2.75, 3.05) is 0 Å². The lowest BCUT2D eigenvalue weighted by molar-refractivity contribution is -0.139. The number of aldehydes is 1. The van der Waals surface area contributed by atoms with Crippen LogP contribution in [0.25, 0.3) is 0 Å². The number of benzene rings is 1. The maximum absolute atomic E-state index is 12.4. The largest absolute Gasteiger partial charge is 0.416 e. The van der Waals surface area contributed by atoms with Gasteiger partial charge in [-0.3, -0.25) is 0 Å². The molecule has 1 aromatic carbocycles. The molecule has 1 aromatic rings. The molecule has 15 heavy (non-hydrogen) atoms. The number of aliphatic hydroxyl groups excluding tert-OH is 1. The average molecular weight is 218 g/mol. The van der Waals surface area contributed by atoms with E-state index in [4.69, 9.17) is 0 Å². The molecule has 0 aliphatic carbocycles. The van der Waals surface area contributed by atoms with Crippen molar-refractivity contribution in [3.63, 3.8) is 0 Å². The second kappa shape index (κ2) is 4.44. The summed E-state index contributed by atoms with van der Waals surface area (Å²) in [5.74, 6) is 0. The van der Waals surface area contributed by atoms with Crippen LogP contribution >= 0.6 is 0 Å². The molecule has 0 aliphatic heterocycles. The van der Waals surface area contributed by atoms with Gasteiger partial charge in [0.2, 0.25) is 0 Å². The zero-order valence-electron chi connectivity index (χ0n) is 7.66.